The van der Waals surface area contributed by atoms with Gasteiger partial charge in [0.25, 0.3) is 0 Å². The molecule has 22 heavy (non-hydrogen) atoms. The number of anilines is 1. The topological polar surface area (TPSA) is 71.5 Å². The number of hydrogen-bond donors (Lipinski definition) is 2. The minimum Gasteiger partial charge on any atom is -0.462 e. The van der Waals surface area contributed by atoms with Gasteiger partial charge in [0, 0.05) is 23.2 Å². The van der Waals surface area contributed by atoms with Crippen molar-refractivity contribution >= 4 is 45.8 Å². The summed E-state index contributed by atoms with van der Waals surface area (Å²) in [4.78, 5) is 16.3. The number of aliphatic hydroxyl groups excluding tert-OH is 1. The summed E-state index contributed by atoms with van der Waals surface area (Å²) in [6.45, 7) is 3.88. The van der Waals surface area contributed by atoms with Gasteiger partial charge in [0.1, 0.15) is 5.56 Å². The molecule has 1 atom stereocenters. The maximum atomic E-state index is 12.1. The van der Waals surface area contributed by atoms with Crippen LogP contribution in [0.25, 0.3) is 10.9 Å². The average Bonchev–Trinajstić information content (AvgIpc) is 2.44. The molecule has 0 unspecified atom stereocenters. The molecule has 7 heteroatoms. The van der Waals surface area contributed by atoms with Crippen molar-refractivity contribution in [3.05, 3.63) is 33.9 Å². The van der Waals surface area contributed by atoms with E-state index in [0.29, 0.717) is 26.6 Å². The van der Waals surface area contributed by atoms with Gasteiger partial charge in [-0.05, 0) is 26.0 Å². The van der Waals surface area contributed by atoms with Crippen molar-refractivity contribution in [2.45, 2.75) is 20.0 Å². The number of carbonyl (C=O) groups is 1. The number of carbonyl (C=O) groups excluding carboxylic acids is 1. The van der Waals surface area contributed by atoms with Gasteiger partial charge < -0.3 is 15.2 Å². The Morgan fingerprint density at radius 1 is 1.45 bits per heavy atom. The summed E-state index contributed by atoms with van der Waals surface area (Å²) in [5.41, 5.74) is 1.29. The number of ether oxygens (including phenoxy) is 1. The predicted octanol–water partition coefficient (Wildman–Crippen LogP) is 3.51. The standard InChI is InChI=1S/C15H16Cl2N2O3/c1-3-22-15(21)11-7-19-14-10(4-9(16)5-12(14)17)13(11)18-6-8(2)20/h4-5,7-8,20H,3,6H2,1-2H3,(H,18,19)/t8-/m0/s1. The Hall–Kier alpha value is -1.56. The fourth-order valence-electron chi connectivity index (χ4n) is 2.03. The fraction of sp³-hybridized carbons (Fsp3) is 0.333. The minimum absolute atomic E-state index is 0.253. The summed E-state index contributed by atoms with van der Waals surface area (Å²) in [5.74, 6) is -0.499. The quantitative estimate of drug-likeness (QED) is 0.813. The van der Waals surface area contributed by atoms with Gasteiger partial charge in [0.15, 0.2) is 0 Å². The van der Waals surface area contributed by atoms with Crippen molar-refractivity contribution in [3.8, 4) is 0 Å². The highest BCUT2D eigenvalue weighted by molar-refractivity contribution is 6.38. The van der Waals surface area contributed by atoms with E-state index in [1.807, 2.05) is 0 Å². The van der Waals surface area contributed by atoms with E-state index in [-0.39, 0.29) is 18.7 Å². The van der Waals surface area contributed by atoms with Crippen molar-refractivity contribution in [1.82, 2.24) is 4.98 Å². The zero-order valence-corrected chi connectivity index (χ0v) is 13.7. The van der Waals surface area contributed by atoms with Crippen molar-refractivity contribution < 1.29 is 14.6 Å². The van der Waals surface area contributed by atoms with E-state index in [1.165, 1.54) is 6.20 Å². The molecule has 0 aliphatic rings. The average molecular weight is 343 g/mol. The van der Waals surface area contributed by atoms with Crippen LogP contribution in [0.2, 0.25) is 10.0 Å². The number of hydrogen-bond acceptors (Lipinski definition) is 5. The van der Waals surface area contributed by atoms with Gasteiger partial charge >= 0.3 is 5.97 Å². The van der Waals surface area contributed by atoms with E-state index in [4.69, 9.17) is 27.9 Å². The van der Waals surface area contributed by atoms with E-state index in [9.17, 15) is 9.90 Å². The molecule has 1 aromatic carbocycles. The first-order chi connectivity index (χ1) is 10.4. The van der Waals surface area contributed by atoms with Crippen LogP contribution in [-0.2, 0) is 4.74 Å². The molecule has 5 nitrogen and oxygen atoms in total. The Bertz CT molecular complexity index is 705. The van der Waals surface area contributed by atoms with Gasteiger partial charge in [0.05, 0.1) is 28.9 Å². The van der Waals surface area contributed by atoms with Gasteiger partial charge in [-0.2, -0.15) is 0 Å². The summed E-state index contributed by atoms with van der Waals surface area (Å²) in [7, 11) is 0. The number of nitrogens with zero attached hydrogens (tertiary/aromatic N) is 1. The second-order valence-electron chi connectivity index (χ2n) is 4.78. The first-order valence-corrected chi connectivity index (χ1v) is 7.56. The minimum atomic E-state index is -0.590. The molecule has 1 aromatic heterocycles. The maximum absolute atomic E-state index is 12.1. The van der Waals surface area contributed by atoms with E-state index in [1.54, 1.807) is 26.0 Å². The highest BCUT2D eigenvalue weighted by Crippen LogP contribution is 2.33. The normalized spacial score (nSPS) is 12.2. The third-order valence-electron chi connectivity index (χ3n) is 2.96. The molecule has 2 rings (SSSR count). The number of halogens is 2. The molecule has 0 spiro atoms. The van der Waals surface area contributed by atoms with E-state index >= 15 is 0 Å². The van der Waals surface area contributed by atoms with E-state index in [0.717, 1.165) is 0 Å². The van der Waals surface area contributed by atoms with Crippen molar-refractivity contribution in [2.24, 2.45) is 0 Å². The molecule has 0 aliphatic carbocycles. The Morgan fingerprint density at radius 2 is 2.18 bits per heavy atom. The lowest BCUT2D eigenvalue weighted by Crippen LogP contribution is -2.18. The van der Waals surface area contributed by atoms with Crippen LogP contribution in [0.5, 0.6) is 0 Å². The monoisotopic (exact) mass is 342 g/mol. The first kappa shape index (κ1) is 16.8. The molecule has 0 radical (unpaired) electrons. The van der Waals surface area contributed by atoms with Gasteiger partial charge in [-0.3, -0.25) is 4.98 Å². The second kappa shape index (κ2) is 7.13. The number of benzene rings is 1. The molecule has 2 aromatic rings. The largest absolute Gasteiger partial charge is 0.462 e. The SMILES string of the molecule is CCOC(=O)c1cnc2c(Cl)cc(Cl)cc2c1NC[C@H](C)O. The van der Waals surface area contributed by atoms with Gasteiger partial charge in [-0.1, -0.05) is 23.2 Å². The summed E-state index contributed by atoms with van der Waals surface area (Å²) < 4.78 is 5.04. The van der Waals surface area contributed by atoms with Crippen molar-refractivity contribution in [2.75, 3.05) is 18.5 Å². The van der Waals surface area contributed by atoms with Crippen LogP contribution in [0, 0.1) is 0 Å². The van der Waals surface area contributed by atoms with E-state index < -0.39 is 12.1 Å². The number of esters is 1. The van der Waals surface area contributed by atoms with Crippen molar-refractivity contribution in [1.29, 1.82) is 0 Å². The molecule has 118 valence electrons. The number of rotatable bonds is 5. The zero-order chi connectivity index (χ0) is 16.3. The molecule has 0 fully saturated rings. The lowest BCUT2D eigenvalue weighted by Gasteiger charge is -2.15. The highest BCUT2D eigenvalue weighted by atomic mass is 35.5. The fourth-order valence-corrected chi connectivity index (χ4v) is 2.57. The van der Waals surface area contributed by atoms with Crippen LogP contribution in [0.4, 0.5) is 5.69 Å². The molecule has 0 bridgehead atoms. The Balaban J connectivity index is 2.63. The van der Waals surface area contributed by atoms with Crippen LogP contribution >= 0.6 is 23.2 Å². The highest BCUT2D eigenvalue weighted by Gasteiger charge is 2.18. The van der Waals surface area contributed by atoms with Crippen molar-refractivity contribution in [3.63, 3.8) is 0 Å². The Kier molecular flexibility index (Phi) is 5.45. The third kappa shape index (κ3) is 3.61. The van der Waals surface area contributed by atoms with Gasteiger partial charge in [0.2, 0.25) is 0 Å². The number of fused-ring (bicyclic) bond motifs is 1. The molecule has 0 saturated heterocycles. The second-order valence-corrected chi connectivity index (χ2v) is 5.62. The van der Waals surface area contributed by atoms with Crippen LogP contribution in [0.3, 0.4) is 0 Å². The number of nitrogens with one attached hydrogen (secondary N) is 1. The van der Waals surface area contributed by atoms with Crippen LogP contribution < -0.4 is 5.32 Å². The Labute approximate surface area is 138 Å². The summed E-state index contributed by atoms with van der Waals surface area (Å²) in [6.07, 6.45) is 0.817. The number of pyridine rings is 1. The molecule has 0 aliphatic heterocycles. The molecule has 0 amide bonds. The zero-order valence-electron chi connectivity index (χ0n) is 12.2. The molecule has 2 N–H and O–H groups in total. The molecular weight excluding hydrogens is 327 g/mol. The van der Waals surface area contributed by atoms with Crippen LogP contribution in [0.1, 0.15) is 24.2 Å². The maximum Gasteiger partial charge on any atom is 0.341 e. The molecule has 0 saturated carbocycles. The Morgan fingerprint density at radius 3 is 2.82 bits per heavy atom. The predicted molar refractivity (Wildman–Crippen MR) is 87.9 cm³/mol. The smallest absolute Gasteiger partial charge is 0.341 e. The first-order valence-electron chi connectivity index (χ1n) is 6.80. The van der Waals surface area contributed by atoms with Gasteiger partial charge in [-0.15, -0.1) is 0 Å². The lowest BCUT2D eigenvalue weighted by atomic mass is 10.1. The van der Waals surface area contributed by atoms with Crippen LogP contribution in [0.15, 0.2) is 18.3 Å². The number of aliphatic hydroxyl groups is 1. The molecule has 1 heterocycles. The summed E-state index contributed by atoms with van der Waals surface area (Å²) in [5, 5.41) is 13.9. The molecular formula is C15H16Cl2N2O3. The lowest BCUT2D eigenvalue weighted by molar-refractivity contribution is 0.0527. The summed E-state index contributed by atoms with van der Waals surface area (Å²) >= 11 is 12.2. The van der Waals surface area contributed by atoms with Crippen LogP contribution in [-0.4, -0.2) is 35.3 Å². The summed E-state index contributed by atoms with van der Waals surface area (Å²) in [6, 6.07) is 3.25. The van der Waals surface area contributed by atoms with Gasteiger partial charge in [-0.25, -0.2) is 4.79 Å². The third-order valence-corrected chi connectivity index (χ3v) is 3.47. The number of aromatic nitrogens is 1. The van der Waals surface area contributed by atoms with E-state index in [2.05, 4.69) is 10.3 Å².